The van der Waals surface area contributed by atoms with Crippen LogP contribution in [0.15, 0.2) is 12.2 Å². The molecule has 2 aliphatic rings. The molecule has 0 aromatic heterocycles. The van der Waals surface area contributed by atoms with E-state index in [-0.39, 0.29) is 25.4 Å². The molecule has 1 saturated heterocycles. The van der Waals surface area contributed by atoms with E-state index in [9.17, 15) is 14.0 Å². The van der Waals surface area contributed by atoms with Gasteiger partial charge in [-0.3, -0.25) is 4.79 Å². The topological polar surface area (TPSA) is 57.6 Å². The number of aliphatic carboxylic acids is 1. The van der Waals surface area contributed by atoms with Crippen LogP contribution in [0.5, 0.6) is 0 Å². The smallest absolute Gasteiger partial charge is 0.343 e. The summed E-state index contributed by atoms with van der Waals surface area (Å²) in [4.78, 5) is 23.5. The van der Waals surface area contributed by atoms with Crippen molar-refractivity contribution in [2.75, 3.05) is 13.1 Å². The molecule has 0 aromatic carbocycles. The first-order valence-corrected chi connectivity index (χ1v) is 5.41. The number of alkyl halides is 1. The van der Waals surface area contributed by atoms with Gasteiger partial charge in [0.15, 0.2) is 0 Å². The summed E-state index contributed by atoms with van der Waals surface area (Å²) in [5.74, 6) is -1.28. The average Bonchev–Trinajstić information content (AvgIpc) is 2.97. The fraction of sp³-hybridized carbons (Fsp3) is 0.636. The van der Waals surface area contributed by atoms with Crippen LogP contribution in [-0.4, -0.2) is 40.6 Å². The van der Waals surface area contributed by atoms with Crippen LogP contribution < -0.4 is 0 Å². The molecular formula is C11H14FNO3. The zero-order valence-electron chi connectivity index (χ0n) is 8.86. The number of likely N-dealkylation sites (tertiary alicyclic amines) is 1. The lowest BCUT2D eigenvalue weighted by atomic mass is 10.1. The highest BCUT2D eigenvalue weighted by molar-refractivity contribution is 5.89. The number of nitrogens with zero attached hydrogens (tertiary/aromatic N) is 1. The van der Waals surface area contributed by atoms with E-state index < -0.39 is 11.6 Å². The first-order chi connectivity index (χ1) is 7.51. The number of allylic oxidation sites excluding steroid dienone is 1. The molecule has 0 bridgehead atoms. The van der Waals surface area contributed by atoms with Crippen molar-refractivity contribution in [3.8, 4) is 0 Å². The molecule has 1 amide bonds. The lowest BCUT2D eigenvalue weighted by Gasteiger charge is -2.15. The van der Waals surface area contributed by atoms with Gasteiger partial charge in [0.2, 0.25) is 11.6 Å². The van der Waals surface area contributed by atoms with E-state index in [4.69, 9.17) is 5.11 Å². The van der Waals surface area contributed by atoms with Crippen LogP contribution in [0.2, 0.25) is 0 Å². The van der Waals surface area contributed by atoms with Crippen molar-refractivity contribution in [3.63, 3.8) is 0 Å². The van der Waals surface area contributed by atoms with E-state index in [1.165, 1.54) is 11.0 Å². The Morgan fingerprint density at radius 3 is 2.62 bits per heavy atom. The van der Waals surface area contributed by atoms with E-state index in [0.717, 1.165) is 12.8 Å². The molecule has 4 nitrogen and oxygen atoms in total. The number of carboxylic acids is 1. The molecule has 5 heteroatoms. The number of carboxylic acid groups (broad SMARTS) is 1. The van der Waals surface area contributed by atoms with Crippen LogP contribution >= 0.6 is 0 Å². The van der Waals surface area contributed by atoms with Gasteiger partial charge in [0.05, 0.1) is 6.54 Å². The van der Waals surface area contributed by atoms with Gasteiger partial charge in [-0.15, -0.1) is 0 Å². The van der Waals surface area contributed by atoms with Crippen molar-refractivity contribution in [2.24, 2.45) is 5.92 Å². The second-order valence-electron chi connectivity index (χ2n) is 4.48. The van der Waals surface area contributed by atoms with Gasteiger partial charge >= 0.3 is 5.97 Å². The highest BCUT2D eigenvalue weighted by Crippen LogP contribution is 2.30. The van der Waals surface area contributed by atoms with Crippen molar-refractivity contribution in [2.45, 2.75) is 24.9 Å². The zero-order chi connectivity index (χ0) is 11.8. The Kier molecular flexibility index (Phi) is 2.69. The summed E-state index contributed by atoms with van der Waals surface area (Å²) >= 11 is 0. The maximum Gasteiger partial charge on any atom is 0.343 e. The third kappa shape index (κ3) is 2.23. The van der Waals surface area contributed by atoms with E-state index in [2.05, 4.69) is 0 Å². The third-order valence-corrected chi connectivity index (χ3v) is 3.05. The summed E-state index contributed by atoms with van der Waals surface area (Å²) < 4.78 is 13.6. The van der Waals surface area contributed by atoms with Crippen molar-refractivity contribution < 1.29 is 19.1 Å². The quantitative estimate of drug-likeness (QED) is 0.731. The summed E-state index contributed by atoms with van der Waals surface area (Å²) in [5, 5.41) is 8.67. The van der Waals surface area contributed by atoms with E-state index >= 15 is 0 Å². The molecule has 0 radical (unpaired) electrons. The number of carbonyl (C=O) groups excluding carboxylic acids is 1. The minimum atomic E-state index is -2.26. The zero-order valence-corrected chi connectivity index (χ0v) is 8.86. The van der Waals surface area contributed by atoms with Crippen molar-refractivity contribution in [3.05, 3.63) is 12.2 Å². The van der Waals surface area contributed by atoms with E-state index in [1.54, 1.807) is 0 Å². The molecule has 0 aromatic rings. The van der Waals surface area contributed by atoms with Gasteiger partial charge in [-0.25, -0.2) is 9.18 Å². The highest BCUT2D eigenvalue weighted by atomic mass is 19.1. The fourth-order valence-electron chi connectivity index (χ4n) is 1.75. The Morgan fingerprint density at radius 1 is 1.44 bits per heavy atom. The molecule has 2 rings (SSSR count). The van der Waals surface area contributed by atoms with Crippen molar-refractivity contribution >= 4 is 11.9 Å². The van der Waals surface area contributed by atoms with Crippen LogP contribution in [0, 0.1) is 5.92 Å². The number of amides is 1. The highest BCUT2D eigenvalue weighted by Gasteiger charge is 2.46. The Hall–Kier alpha value is -1.39. The van der Waals surface area contributed by atoms with Gasteiger partial charge in [-0.05, 0) is 24.8 Å². The van der Waals surface area contributed by atoms with Gasteiger partial charge in [-0.2, -0.15) is 0 Å². The Morgan fingerprint density at radius 2 is 2.12 bits per heavy atom. The number of carbonyl (C=O) groups is 2. The second-order valence-corrected chi connectivity index (χ2v) is 4.48. The van der Waals surface area contributed by atoms with E-state index in [1.807, 2.05) is 6.08 Å². The number of hydrogen-bond acceptors (Lipinski definition) is 2. The predicted octanol–water partition coefficient (Wildman–Crippen LogP) is 0.978. The summed E-state index contributed by atoms with van der Waals surface area (Å²) in [5.41, 5.74) is -2.26. The molecule has 1 saturated carbocycles. The molecule has 1 aliphatic carbocycles. The first kappa shape index (κ1) is 11.1. The minimum Gasteiger partial charge on any atom is -0.479 e. The molecule has 1 heterocycles. The molecule has 1 aliphatic heterocycles. The lowest BCUT2D eigenvalue weighted by molar-refractivity contribution is -0.150. The van der Waals surface area contributed by atoms with Crippen molar-refractivity contribution in [1.29, 1.82) is 0 Å². The lowest BCUT2D eigenvalue weighted by Crippen LogP contribution is -2.38. The molecular weight excluding hydrogens is 213 g/mol. The van der Waals surface area contributed by atoms with E-state index in [0.29, 0.717) is 5.92 Å². The molecule has 1 N–H and O–H groups in total. The Labute approximate surface area is 92.7 Å². The molecule has 2 fully saturated rings. The largest absolute Gasteiger partial charge is 0.479 e. The fourth-order valence-corrected chi connectivity index (χ4v) is 1.75. The predicted molar refractivity (Wildman–Crippen MR) is 54.5 cm³/mol. The minimum absolute atomic E-state index is 0.120. The Balaban J connectivity index is 1.92. The first-order valence-electron chi connectivity index (χ1n) is 5.41. The van der Waals surface area contributed by atoms with Gasteiger partial charge in [0.25, 0.3) is 0 Å². The van der Waals surface area contributed by atoms with Crippen molar-refractivity contribution in [1.82, 2.24) is 4.90 Å². The summed E-state index contributed by atoms with van der Waals surface area (Å²) in [7, 11) is 0. The van der Waals surface area contributed by atoms with Crippen LogP contribution in [0.3, 0.4) is 0 Å². The standard InChI is InChI=1S/C11H14FNO3/c12-11(10(15)16)5-6-13(7-11)9(14)4-3-8-1-2-8/h3-4,8H,1-2,5-7H2,(H,15,16)/b4-3+. The summed E-state index contributed by atoms with van der Waals surface area (Å²) in [6.07, 6.45) is 5.34. The van der Waals surface area contributed by atoms with Gasteiger partial charge in [0.1, 0.15) is 0 Å². The SMILES string of the molecule is O=C(/C=C/C1CC1)N1CCC(F)(C(=O)O)C1. The second kappa shape index (κ2) is 3.88. The molecule has 0 spiro atoms. The number of hydrogen-bond donors (Lipinski definition) is 1. The van der Waals surface area contributed by atoms with Crippen LogP contribution in [0.1, 0.15) is 19.3 Å². The molecule has 1 unspecified atom stereocenters. The number of halogens is 1. The molecule has 1 atom stereocenters. The number of rotatable bonds is 3. The van der Waals surface area contributed by atoms with Gasteiger partial charge in [-0.1, -0.05) is 6.08 Å². The van der Waals surface area contributed by atoms with Crippen LogP contribution in [-0.2, 0) is 9.59 Å². The van der Waals surface area contributed by atoms with Gasteiger partial charge in [0, 0.05) is 13.0 Å². The maximum atomic E-state index is 13.6. The van der Waals surface area contributed by atoms with Crippen LogP contribution in [0.25, 0.3) is 0 Å². The summed E-state index contributed by atoms with van der Waals surface area (Å²) in [6, 6.07) is 0. The third-order valence-electron chi connectivity index (χ3n) is 3.05. The molecule has 16 heavy (non-hydrogen) atoms. The van der Waals surface area contributed by atoms with Crippen LogP contribution in [0.4, 0.5) is 4.39 Å². The average molecular weight is 227 g/mol. The monoisotopic (exact) mass is 227 g/mol. The normalized spacial score (nSPS) is 29.9. The maximum absolute atomic E-state index is 13.6. The summed E-state index contributed by atoms with van der Waals surface area (Å²) in [6.45, 7) is -0.160. The van der Waals surface area contributed by atoms with Gasteiger partial charge < -0.3 is 10.0 Å². The Bertz CT molecular complexity index is 351. The molecule has 88 valence electrons.